The SMILES string of the molecule is CCOc1cc([C@@H]2C(C(=O)OC)=C(c3ccccc3)Nc3ncnn32)ccc1OC. The summed E-state index contributed by atoms with van der Waals surface area (Å²) in [4.78, 5) is 17.3. The lowest BCUT2D eigenvalue weighted by Crippen LogP contribution is -2.29. The van der Waals surface area contributed by atoms with Crippen molar-refractivity contribution in [2.24, 2.45) is 0 Å². The van der Waals surface area contributed by atoms with Crippen LogP contribution in [0, 0.1) is 0 Å². The average molecular weight is 406 g/mol. The molecule has 0 aliphatic carbocycles. The zero-order chi connectivity index (χ0) is 21.1. The number of ether oxygens (including phenoxy) is 3. The van der Waals surface area contributed by atoms with E-state index in [1.807, 2.05) is 55.5 Å². The van der Waals surface area contributed by atoms with Crippen LogP contribution in [0.2, 0.25) is 0 Å². The molecule has 8 nitrogen and oxygen atoms in total. The second-order valence-electron chi connectivity index (χ2n) is 6.55. The Balaban J connectivity index is 1.95. The van der Waals surface area contributed by atoms with E-state index < -0.39 is 12.0 Å². The number of carbonyl (C=O) groups excluding carboxylic acids is 1. The van der Waals surface area contributed by atoms with E-state index in [4.69, 9.17) is 14.2 Å². The largest absolute Gasteiger partial charge is 0.493 e. The Kier molecular flexibility index (Phi) is 5.38. The Bertz CT molecular complexity index is 1090. The van der Waals surface area contributed by atoms with E-state index in [2.05, 4.69) is 15.4 Å². The number of benzene rings is 2. The van der Waals surface area contributed by atoms with E-state index in [1.54, 1.807) is 11.8 Å². The number of esters is 1. The smallest absolute Gasteiger partial charge is 0.338 e. The summed E-state index contributed by atoms with van der Waals surface area (Å²) in [5.41, 5.74) is 2.69. The first-order valence-corrected chi connectivity index (χ1v) is 9.53. The van der Waals surface area contributed by atoms with Gasteiger partial charge in [-0.1, -0.05) is 36.4 Å². The zero-order valence-corrected chi connectivity index (χ0v) is 17.0. The first-order chi connectivity index (χ1) is 14.7. The molecule has 0 unspecified atom stereocenters. The minimum atomic E-state index is -0.559. The zero-order valence-electron chi connectivity index (χ0n) is 17.0. The minimum absolute atomic E-state index is 0.425. The van der Waals surface area contributed by atoms with Crippen LogP contribution in [-0.2, 0) is 9.53 Å². The van der Waals surface area contributed by atoms with Crippen molar-refractivity contribution in [3.63, 3.8) is 0 Å². The number of nitrogens with one attached hydrogen (secondary N) is 1. The number of aromatic nitrogens is 3. The number of rotatable bonds is 6. The van der Waals surface area contributed by atoms with Crippen LogP contribution >= 0.6 is 0 Å². The van der Waals surface area contributed by atoms with Gasteiger partial charge in [0.2, 0.25) is 5.95 Å². The van der Waals surface area contributed by atoms with Gasteiger partial charge in [0, 0.05) is 0 Å². The summed E-state index contributed by atoms with van der Waals surface area (Å²) in [6, 6.07) is 14.6. The Hall–Kier alpha value is -3.81. The van der Waals surface area contributed by atoms with Crippen molar-refractivity contribution in [1.82, 2.24) is 14.8 Å². The second kappa shape index (κ2) is 8.28. The molecule has 0 saturated carbocycles. The van der Waals surface area contributed by atoms with Crippen molar-refractivity contribution in [3.8, 4) is 11.5 Å². The molecule has 0 fully saturated rings. The van der Waals surface area contributed by atoms with E-state index in [9.17, 15) is 4.79 Å². The second-order valence-corrected chi connectivity index (χ2v) is 6.55. The lowest BCUT2D eigenvalue weighted by atomic mass is 9.92. The van der Waals surface area contributed by atoms with Gasteiger partial charge in [-0.2, -0.15) is 10.1 Å². The van der Waals surface area contributed by atoms with Gasteiger partial charge < -0.3 is 19.5 Å². The Morgan fingerprint density at radius 3 is 2.63 bits per heavy atom. The van der Waals surface area contributed by atoms with E-state index in [-0.39, 0.29) is 0 Å². The molecule has 1 aliphatic heterocycles. The van der Waals surface area contributed by atoms with Crippen LogP contribution in [-0.4, -0.2) is 41.6 Å². The van der Waals surface area contributed by atoms with Crippen LogP contribution in [0.25, 0.3) is 5.70 Å². The summed E-state index contributed by atoms with van der Waals surface area (Å²) >= 11 is 0. The normalized spacial score (nSPS) is 15.2. The van der Waals surface area contributed by atoms with Gasteiger partial charge in [0.25, 0.3) is 0 Å². The van der Waals surface area contributed by atoms with Crippen LogP contribution < -0.4 is 14.8 Å². The molecule has 1 N–H and O–H groups in total. The maximum atomic E-state index is 13.0. The fraction of sp³-hybridized carbons (Fsp3) is 0.227. The third-order valence-corrected chi connectivity index (χ3v) is 4.87. The topological polar surface area (TPSA) is 87.5 Å². The molecular formula is C22H22N4O4. The highest BCUT2D eigenvalue weighted by molar-refractivity contribution is 6.02. The van der Waals surface area contributed by atoms with Crippen molar-refractivity contribution in [3.05, 3.63) is 71.6 Å². The number of nitrogens with zero attached hydrogens (tertiary/aromatic N) is 3. The third-order valence-electron chi connectivity index (χ3n) is 4.87. The number of hydrogen-bond acceptors (Lipinski definition) is 7. The van der Waals surface area contributed by atoms with Gasteiger partial charge in [-0.25, -0.2) is 9.48 Å². The number of hydrogen-bond donors (Lipinski definition) is 1. The molecule has 2 heterocycles. The molecule has 1 atom stereocenters. The molecule has 0 amide bonds. The van der Waals surface area contributed by atoms with Crippen LogP contribution in [0.1, 0.15) is 24.1 Å². The van der Waals surface area contributed by atoms with Gasteiger partial charge in [-0.05, 0) is 30.2 Å². The van der Waals surface area contributed by atoms with Crippen molar-refractivity contribution in [1.29, 1.82) is 0 Å². The third kappa shape index (κ3) is 3.36. The van der Waals surface area contributed by atoms with Crippen LogP contribution in [0.15, 0.2) is 60.4 Å². The number of anilines is 1. The Morgan fingerprint density at radius 2 is 1.93 bits per heavy atom. The summed E-state index contributed by atoms with van der Waals surface area (Å²) in [7, 11) is 2.95. The summed E-state index contributed by atoms with van der Waals surface area (Å²) in [5, 5.41) is 7.59. The van der Waals surface area contributed by atoms with Gasteiger partial charge >= 0.3 is 5.97 Å². The molecule has 0 radical (unpaired) electrons. The standard InChI is InChI=1S/C22H22N4O4/c1-4-30-17-12-15(10-11-16(17)28-2)20-18(21(27)29-3)19(14-8-6-5-7-9-14)25-22-23-13-24-26(20)22/h5-13,20H,4H2,1-3H3,(H,23,24,25)/t20-/m1/s1. The van der Waals surface area contributed by atoms with Crippen molar-refractivity contribution in [2.75, 3.05) is 26.1 Å². The average Bonchev–Trinajstić information content (AvgIpc) is 3.26. The number of carbonyl (C=O) groups is 1. The molecule has 154 valence electrons. The monoisotopic (exact) mass is 406 g/mol. The summed E-state index contributed by atoms with van der Waals surface area (Å²) in [6.07, 6.45) is 1.45. The number of methoxy groups -OCH3 is 2. The van der Waals surface area contributed by atoms with Gasteiger partial charge in [0.15, 0.2) is 11.5 Å². The molecule has 8 heteroatoms. The first-order valence-electron chi connectivity index (χ1n) is 9.53. The van der Waals surface area contributed by atoms with Gasteiger partial charge in [-0.15, -0.1) is 0 Å². The summed E-state index contributed by atoms with van der Waals surface area (Å²) in [6.45, 7) is 2.38. The van der Waals surface area contributed by atoms with Gasteiger partial charge in [-0.3, -0.25) is 0 Å². The molecule has 0 saturated heterocycles. The lowest BCUT2D eigenvalue weighted by Gasteiger charge is -2.29. The molecule has 0 spiro atoms. The highest BCUT2D eigenvalue weighted by Crippen LogP contribution is 2.41. The van der Waals surface area contributed by atoms with Crippen molar-refractivity contribution in [2.45, 2.75) is 13.0 Å². The van der Waals surface area contributed by atoms with Gasteiger partial charge in [0.1, 0.15) is 12.4 Å². The lowest BCUT2D eigenvalue weighted by molar-refractivity contribution is -0.136. The minimum Gasteiger partial charge on any atom is -0.493 e. The van der Waals surface area contributed by atoms with Crippen LogP contribution in [0.3, 0.4) is 0 Å². The Morgan fingerprint density at radius 1 is 1.13 bits per heavy atom. The van der Waals surface area contributed by atoms with Crippen LogP contribution in [0.5, 0.6) is 11.5 Å². The molecule has 1 aromatic heterocycles. The van der Waals surface area contributed by atoms with Gasteiger partial charge in [0.05, 0.1) is 32.1 Å². The quantitative estimate of drug-likeness (QED) is 0.629. The van der Waals surface area contributed by atoms with Crippen molar-refractivity contribution >= 4 is 17.6 Å². The molecule has 4 rings (SSSR count). The highest BCUT2D eigenvalue weighted by Gasteiger charge is 2.36. The molecular weight excluding hydrogens is 384 g/mol. The predicted molar refractivity (Wildman–Crippen MR) is 111 cm³/mol. The predicted octanol–water partition coefficient (Wildman–Crippen LogP) is 3.28. The molecule has 2 aromatic carbocycles. The van der Waals surface area contributed by atoms with E-state index in [1.165, 1.54) is 13.4 Å². The highest BCUT2D eigenvalue weighted by atomic mass is 16.5. The molecule has 30 heavy (non-hydrogen) atoms. The molecule has 3 aromatic rings. The maximum absolute atomic E-state index is 13.0. The summed E-state index contributed by atoms with van der Waals surface area (Å²) < 4.78 is 18.0. The molecule has 1 aliphatic rings. The Labute approximate surface area is 174 Å². The maximum Gasteiger partial charge on any atom is 0.338 e. The van der Waals surface area contributed by atoms with E-state index in [0.29, 0.717) is 35.3 Å². The first kappa shape index (κ1) is 19.5. The van der Waals surface area contributed by atoms with E-state index in [0.717, 1.165) is 11.1 Å². The fourth-order valence-corrected chi connectivity index (χ4v) is 3.56. The van der Waals surface area contributed by atoms with Crippen molar-refractivity contribution < 1.29 is 19.0 Å². The number of fused-ring (bicyclic) bond motifs is 1. The van der Waals surface area contributed by atoms with E-state index >= 15 is 0 Å². The fourth-order valence-electron chi connectivity index (χ4n) is 3.56. The van der Waals surface area contributed by atoms with Crippen LogP contribution in [0.4, 0.5) is 5.95 Å². The molecule has 0 bridgehead atoms. The summed E-state index contributed by atoms with van der Waals surface area (Å²) in [5.74, 6) is 1.27.